The first-order valence-electron chi connectivity index (χ1n) is 7.14. The maximum atomic E-state index is 12.1. The molecule has 1 amide bonds. The summed E-state index contributed by atoms with van der Waals surface area (Å²) < 4.78 is 1.47. The molecule has 0 saturated carbocycles. The second kappa shape index (κ2) is 7.01. The standard InChI is InChI=1S/C15H18N4O4/c1-10(9-20)11(2)16-15(21)14-7-8-18(17-14)12-3-5-13(6-4-12)19(22)23/h3-8,10-11,20H,9H2,1-2H3,(H,16,21). The van der Waals surface area contributed by atoms with Crippen molar-refractivity contribution in [1.29, 1.82) is 0 Å². The van der Waals surface area contributed by atoms with E-state index in [2.05, 4.69) is 10.4 Å². The molecule has 0 fully saturated rings. The Morgan fingerprint density at radius 3 is 2.57 bits per heavy atom. The molecule has 0 bridgehead atoms. The topological polar surface area (TPSA) is 110 Å². The third kappa shape index (κ3) is 3.92. The lowest BCUT2D eigenvalue weighted by atomic mass is 10.1. The van der Waals surface area contributed by atoms with Crippen molar-refractivity contribution in [3.05, 3.63) is 52.3 Å². The molecule has 2 rings (SSSR count). The molecule has 23 heavy (non-hydrogen) atoms. The normalized spacial score (nSPS) is 13.3. The molecular weight excluding hydrogens is 300 g/mol. The lowest BCUT2D eigenvalue weighted by molar-refractivity contribution is -0.384. The van der Waals surface area contributed by atoms with Crippen LogP contribution in [0, 0.1) is 16.0 Å². The SMILES string of the molecule is CC(CO)C(C)NC(=O)c1ccn(-c2ccc([N+](=O)[O-])cc2)n1. The van der Waals surface area contributed by atoms with Gasteiger partial charge in [-0.3, -0.25) is 14.9 Å². The Labute approximate surface area is 132 Å². The van der Waals surface area contributed by atoms with Gasteiger partial charge < -0.3 is 10.4 Å². The summed E-state index contributed by atoms with van der Waals surface area (Å²) in [6.45, 7) is 3.63. The van der Waals surface area contributed by atoms with Crippen LogP contribution in [0.4, 0.5) is 5.69 Å². The summed E-state index contributed by atoms with van der Waals surface area (Å²) in [6.07, 6.45) is 1.61. The number of aromatic nitrogens is 2. The van der Waals surface area contributed by atoms with Gasteiger partial charge in [-0.2, -0.15) is 5.10 Å². The molecule has 1 aromatic carbocycles. The van der Waals surface area contributed by atoms with Gasteiger partial charge in [-0.1, -0.05) is 6.92 Å². The van der Waals surface area contributed by atoms with E-state index in [1.807, 2.05) is 13.8 Å². The second-order valence-electron chi connectivity index (χ2n) is 5.34. The van der Waals surface area contributed by atoms with Crippen molar-refractivity contribution in [2.75, 3.05) is 6.61 Å². The highest BCUT2D eigenvalue weighted by molar-refractivity contribution is 5.92. The van der Waals surface area contributed by atoms with Crippen LogP contribution in [0.3, 0.4) is 0 Å². The molecular formula is C15H18N4O4. The predicted molar refractivity (Wildman–Crippen MR) is 83.4 cm³/mol. The summed E-state index contributed by atoms with van der Waals surface area (Å²) >= 11 is 0. The zero-order valence-electron chi connectivity index (χ0n) is 12.8. The van der Waals surface area contributed by atoms with Crippen molar-refractivity contribution in [3.8, 4) is 5.69 Å². The van der Waals surface area contributed by atoms with Crippen molar-refractivity contribution < 1.29 is 14.8 Å². The van der Waals surface area contributed by atoms with Crippen LogP contribution in [0.1, 0.15) is 24.3 Å². The Hall–Kier alpha value is -2.74. The maximum Gasteiger partial charge on any atom is 0.272 e. The van der Waals surface area contributed by atoms with Gasteiger partial charge in [0.25, 0.3) is 11.6 Å². The summed E-state index contributed by atoms with van der Waals surface area (Å²) in [6, 6.07) is 7.25. The molecule has 122 valence electrons. The average Bonchev–Trinajstić information content (AvgIpc) is 3.04. The quantitative estimate of drug-likeness (QED) is 0.620. The van der Waals surface area contributed by atoms with E-state index in [0.29, 0.717) is 5.69 Å². The molecule has 2 aromatic rings. The van der Waals surface area contributed by atoms with Gasteiger partial charge in [-0.05, 0) is 31.0 Å². The predicted octanol–water partition coefficient (Wildman–Crippen LogP) is 1.53. The largest absolute Gasteiger partial charge is 0.396 e. The summed E-state index contributed by atoms with van der Waals surface area (Å²) in [5.74, 6) is -0.394. The minimum absolute atomic E-state index is 0.00862. The van der Waals surface area contributed by atoms with Crippen molar-refractivity contribution in [2.24, 2.45) is 5.92 Å². The van der Waals surface area contributed by atoms with Crippen LogP contribution in [-0.2, 0) is 0 Å². The van der Waals surface area contributed by atoms with Gasteiger partial charge in [-0.25, -0.2) is 4.68 Å². The Balaban J connectivity index is 2.10. The molecule has 2 N–H and O–H groups in total. The van der Waals surface area contributed by atoms with Crippen LogP contribution in [0.15, 0.2) is 36.5 Å². The van der Waals surface area contributed by atoms with Crippen LogP contribution in [0.5, 0.6) is 0 Å². The van der Waals surface area contributed by atoms with Crippen LogP contribution < -0.4 is 5.32 Å². The fourth-order valence-corrected chi connectivity index (χ4v) is 1.90. The third-order valence-corrected chi connectivity index (χ3v) is 3.65. The molecule has 0 saturated heterocycles. The van der Waals surface area contributed by atoms with E-state index < -0.39 is 4.92 Å². The number of nitrogens with one attached hydrogen (secondary N) is 1. The molecule has 0 spiro atoms. The van der Waals surface area contributed by atoms with Gasteiger partial charge >= 0.3 is 0 Å². The first-order chi connectivity index (χ1) is 10.9. The minimum atomic E-state index is -0.477. The van der Waals surface area contributed by atoms with Gasteiger partial charge in [0.1, 0.15) is 0 Å². The Morgan fingerprint density at radius 2 is 2.00 bits per heavy atom. The number of carbonyl (C=O) groups is 1. The van der Waals surface area contributed by atoms with Crippen LogP contribution in [0.25, 0.3) is 5.69 Å². The highest BCUT2D eigenvalue weighted by Gasteiger charge is 2.17. The van der Waals surface area contributed by atoms with E-state index in [9.17, 15) is 14.9 Å². The van der Waals surface area contributed by atoms with Gasteiger partial charge in [0, 0.05) is 31.0 Å². The molecule has 1 aromatic heterocycles. The van der Waals surface area contributed by atoms with Gasteiger partial charge in [0.2, 0.25) is 0 Å². The number of aliphatic hydroxyl groups is 1. The van der Waals surface area contributed by atoms with E-state index >= 15 is 0 Å². The van der Waals surface area contributed by atoms with E-state index in [1.165, 1.54) is 16.8 Å². The number of nitro groups is 1. The molecule has 2 unspecified atom stereocenters. The lowest BCUT2D eigenvalue weighted by Crippen LogP contribution is -2.38. The van der Waals surface area contributed by atoms with Crippen molar-refractivity contribution in [2.45, 2.75) is 19.9 Å². The number of rotatable bonds is 6. The molecule has 2 atom stereocenters. The molecule has 0 radical (unpaired) electrons. The van der Waals surface area contributed by atoms with Crippen LogP contribution in [0.2, 0.25) is 0 Å². The number of amides is 1. The number of hydrogen-bond donors (Lipinski definition) is 2. The number of aliphatic hydroxyl groups excluding tert-OH is 1. The van der Waals surface area contributed by atoms with Crippen molar-refractivity contribution >= 4 is 11.6 Å². The Bertz CT molecular complexity index is 696. The van der Waals surface area contributed by atoms with E-state index in [0.717, 1.165) is 0 Å². The smallest absolute Gasteiger partial charge is 0.272 e. The highest BCUT2D eigenvalue weighted by atomic mass is 16.6. The first-order valence-corrected chi connectivity index (χ1v) is 7.14. The number of hydrogen-bond acceptors (Lipinski definition) is 5. The van der Waals surface area contributed by atoms with Gasteiger partial charge in [0.05, 0.1) is 10.6 Å². The van der Waals surface area contributed by atoms with Crippen molar-refractivity contribution in [1.82, 2.24) is 15.1 Å². The second-order valence-corrected chi connectivity index (χ2v) is 5.34. The summed E-state index contributed by atoms with van der Waals surface area (Å²) in [5, 5.41) is 26.7. The number of nitrogens with zero attached hydrogens (tertiary/aromatic N) is 3. The molecule has 8 heteroatoms. The lowest BCUT2D eigenvalue weighted by Gasteiger charge is -2.18. The Morgan fingerprint density at radius 1 is 1.35 bits per heavy atom. The summed E-state index contributed by atoms with van der Waals surface area (Å²) in [7, 11) is 0. The summed E-state index contributed by atoms with van der Waals surface area (Å²) in [5.41, 5.74) is 0.845. The number of nitro benzene ring substituents is 1. The third-order valence-electron chi connectivity index (χ3n) is 3.65. The summed E-state index contributed by atoms with van der Waals surface area (Å²) in [4.78, 5) is 22.3. The van der Waals surface area contributed by atoms with E-state index in [-0.39, 0.29) is 35.9 Å². The zero-order chi connectivity index (χ0) is 17.0. The number of non-ortho nitro benzene ring substituents is 1. The minimum Gasteiger partial charge on any atom is -0.396 e. The highest BCUT2D eigenvalue weighted by Crippen LogP contribution is 2.15. The van der Waals surface area contributed by atoms with E-state index in [4.69, 9.17) is 5.11 Å². The maximum absolute atomic E-state index is 12.1. The first kappa shape index (κ1) is 16.6. The molecule has 0 aliphatic carbocycles. The number of carbonyl (C=O) groups excluding carboxylic acids is 1. The number of benzene rings is 1. The Kier molecular flexibility index (Phi) is 5.07. The van der Waals surface area contributed by atoms with E-state index in [1.54, 1.807) is 24.4 Å². The van der Waals surface area contributed by atoms with Gasteiger partial charge in [-0.15, -0.1) is 0 Å². The molecule has 0 aliphatic heterocycles. The zero-order valence-corrected chi connectivity index (χ0v) is 12.8. The average molecular weight is 318 g/mol. The molecule has 8 nitrogen and oxygen atoms in total. The molecule has 0 aliphatic rings. The fraction of sp³-hybridized carbons (Fsp3) is 0.333. The van der Waals surface area contributed by atoms with Crippen molar-refractivity contribution in [3.63, 3.8) is 0 Å². The fourth-order valence-electron chi connectivity index (χ4n) is 1.90. The van der Waals surface area contributed by atoms with Crippen LogP contribution in [-0.4, -0.2) is 38.4 Å². The van der Waals surface area contributed by atoms with Crippen LogP contribution >= 0.6 is 0 Å². The monoisotopic (exact) mass is 318 g/mol. The van der Waals surface area contributed by atoms with Gasteiger partial charge in [0.15, 0.2) is 5.69 Å². The molecule has 1 heterocycles.